The first kappa shape index (κ1) is 13.6. The summed E-state index contributed by atoms with van der Waals surface area (Å²) in [5.41, 5.74) is 8.95. The standard InChI is InChI=1S/C15H18ClNS/c1-15(2,3)11-7-5-4-6-10(11)14(17)12-8-9-13(16)18-12/h4-9,14H,17H2,1-3H3. The lowest BCUT2D eigenvalue weighted by Gasteiger charge is -2.25. The number of nitrogens with two attached hydrogens (primary N) is 1. The molecule has 1 aromatic heterocycles. The zero-order chi connectivity index (χ0) is 13.3. The molecule has 0 saturated heterocycles. The molecule has 0 bridgehead atoms. The summed E-state index contributed by atoms with van der Waals surface area (Å²) in [4.78, 5) is 1.11. The monoisotopic (exact) mass is 279 g/mol. The van der Waals surface area contributed by atoms with Crippen molar-refractivity contribution >= 4 is 22.9 Å². The zero-order valence-corrected chi connectivity index (χ0v) is 12.5. The van der Waals surface area contributed by atoms with E-state index in [0.717, 1.165) is 9.21 Å². The van der Waals surface area contributed by atoms with E-state index in [4.69, 9.17) is 17.3 Å². The molecule has 0 fully saturated rings. The molecular weight excluding hydrogens is 262 g/mol. The summed E-state index contributed by atoms with van der Waals surface area (Å²) in [6, 6.07) is 12.2. The summed E-state index contributed by atoms with van der Waals surface area (Å²) in [5.74, 6) is 0. The highest BCUT2D eigenvalue weighted by Crippen LogP contribution is 2.34. The molecule has 0 aliphatic carbocycles. The van der Waals surface area contributed by atoms with Gasteiger partial charge in [0, 0.05) is 4.88 Å². The average Bonchev–Trinajstić information content (AvgIpc) is 2.74. The lowest BCUT2D eigenvalue weighted by Crippen LogP contribution is -2.20. The second-order valence-electron chi connectivity index (χ2n) is 5.46. The average molecular weight is 280 g/mol. The van der Waals surface area contributed by atoms with Crippen LogP contribution in [0.2, 0.25) is 4.34 Å². The van der Waals surface area contributed by atoms with E-state index >= 15 is 0 Å². The maximum atomic E-state index is 6.38. The Bertz CT molecular complexity index is 539. The molecule has 0 aliphatic rings. The minimum absolute atomic E-state index is 0.0925. The molecule has 3 heteroatoms. The van der Waals surface area contributed by atoms with Crippen molar-refractivity contribution in [1.82, 2.24) is 0 Å². The SMILES string of the molecule is CC(C)(C)c1ccccc1C(N)c1ccc(Cl)s1. The Morgan fingerprint density at radius 1 is 1.11 bits per heavy atom. The number of thiophene rings is 1. The smallest absolute Gasteiger partial charge is 0.0931 e. The fraction of sp³-hybridized carbons (Fsp3) is 0.333. The first-order valence-corrected chi connectivity index (χ1v) is 7.19. The Morgan fingerprint density at radius 2 is 1.78 bits per heavy atom. The Hall–Kier alpha value is -0.830. The lowest BCUT2D eigenvalue weighted by molar-refractivity contribution is 0.578. The Labute approximate surface area is 118 Å². The Balaban J connectivity index is 2.45. The van der Waals surface area contributed by atoms with Gasteiger partial charge in [0.25, 0.3) is 0 Å². The number of benzene rings is 1. The van der Waals surface area contributed by atoms with Crippen molar-refractivity contribution in [1.29, 1.82) is 0 Å². The molecule has 0 radical (unpaired) electrons. The van der Waals surface area contributed by atoms with Crippen molar-refractivity contribution in [3.05, 3.63) is 56.7 Å². The van der Waals surface area contributed by atoms with Crippen molar-refractivity contribution in [3.8, 4) is 0 Å². The van der Waals surface area contributed by atoms with Crippen LogP contribution in [-0.2, 0) is 5.41 Å². The van der Waals surface area contributed by atoms with Gasteiger partial charge < -0.3 is 5.73 Å². The minimum Gasteiger partial charge on any atom is -0.320 e. The summed E-state index contributed by atoms with van der Waals surface area (Å²) >= 11 is 7.54. The van der Waals surface area contributed by atoms with E-state index in [1.54, 1.807) is 11.3 Å². The molecule has 0 aliphatic heterocycles. The zero-order valence-electron chi connectivity index (χ0n) is 10.9. The highest BCUT2D eigenvalue weighted by atomic mass is 35.5. The normalized spacial score (nSPS) is 13.6. The van der Waals surface area contributed by atoms with Gasteiger partial charge in [0.05, 0.1) is 10.4 Å². The molecule has 2 rings (SSSR count). The molecule has 1 atom stereocenters. The molecule has 2 aromatic rings. The molecule has 18 heavy (non-hydrogen) atoms. The second kappa shape index (κ2) is 5.04. The van der Waals surface area contributed by atoms with Crippen LogP contribution < -0.4 is 5.73 Å². The van der Waals surface area contributed by atoms with Gasteiger partial charge in [0.2, 0.25) is 0 Å². The number of halogens is 1. The van der Waals surface area contributed by atoms with Crippen molar-refractivity contribution in [3.63, 3.8) is 0 Å². The van der Waals surface area contributed by atoms with Gasteiger partial charge in [-0.3, -0.25) is 0 Å². The van der Waals surface area contributed by atoms with Crippen LogP contribution >= 0.6 is 22.9 Å². The maximum absolute atomic E-state index is 6.38. The Morgan fingerprint density at radius 3 is 2.33 bits per heavy atom. The third-order valence-electron chi connectivity index (χ3n) is 3.00. The van der Waals surface area contributed by atoms with E-state index in [9.17, 15) is 0 Å². The van der Waals surface area contributed by atoms with E-state index in [-0.39, 0.29) is 11.5 Å². The molecule has 1 aromatic carbocycles. The van der Waals surface area contributed by atoms with Crippen molar-refractivity contribution < 1.29 is 0 Å². The van der Waals surface area contributed by atoms with E-state index < -0.39 is 0 Å². The van der Waals surface area contributed by atoms with Crippen LogP contribution in [-0.4, -0.2) is 0 Å². The fourth-order valence-electron chi connectivity index (χ4n) is 2.10. The largest absolute Gasteiger partial charge is 0.320 e. The summed E-state index contributed by atoms with van der Waals surface area (Å²) in [7, 11) is 0. The molecule has 0 amide bonds. The van der Waals surface area contributed by atoms with Gasteiger partial charge in [-0.25, -0.2) is 0 Å². The van der Waals surface area contributed by atoms with Gasteiger partial charge in [-0.2, -0.15) is 0 Å². The maximum Gasteiger partial charge on any atom is 0.0931 e. The summed E-state index contributed by atoms with van der Waals surface area (Å²) in [6.07, 6.45) is 0. The predicted octanol–water partition coefficient (Wildman–Crippen LogP) is 4.75. The first-order chi connectivity index (χ1) is 8.39. The number of rotatable bonds is 2. The lowest BCUT2D eigenvalue weighted by atomic mass is 9.82. The molecule has 0 spiro atoms. The van der Waals surface area contributed by atoms with Crippen molar-refractivity contribution in [2.75, 3.05) is 0 Å². The van der Waals surface area contributed by atoms with Crippen LogP contribution in [0, 0.1) is 0 Å². The van der Waals surface area contributed by atoms with Gasteiger partial charge in [-0.15, -0.1) is 11.3 Å². The molecule has 96 valence electrons. The molecule has 0 saturated carbocycles. The predicted molar refractivity (Wildman–Crippen MR) is 80.5 cm³/mol. The molecule has 1 heterocycles. The van der Waals surface area contributed by atoms with Crippen LogP contribution in [0.25, 0.3) is 0 Å². The first-order valence-electron chi connectivity index (χ1n) is 6.00. The fourth-order valence-corrected chi connectivity index (χ4v) is 3.18. The quantitative estimate of drug-likeness (QED) is 0.844. The van der Waals surface area contributed by atoms with Gasteiger partial charge in [0.15, 0.2) is 0 Å². The summed E-state index contributed by atoms with van der Waals surface area (Å²) in [6.45, 7) is 6.62. The third-order valence-corrected chi connectivity index (χ3v) is 4.32. The molecule has 1 nitrogen and oxygen atoms in total. The van der Waals surface area contributed by atoms with Crippen LogP contribution in [0.4, 0.5) is 0 Å². The topological polar surface area (TPSA) is 26.0 Å². The van der Waals surface area contributed by atoms with E-state index in [1.807, 2.05) is 18.2 Å². The third kappa shape index (κ3) is 2.77. The van der Waals surface area contributed by atoms with Gasteiger partial charge in [-0.1, -0.05) is 56.6 Å². The Kier molecular flexibility index (Phi) is 3.81. The van der Waals surface area contributed by atoms with Gasteiger partial charge in [0.1, 0.15) is 0 Å². The van der Waals surface area contributed by atoms with Crippen LogP contribution in [0.5, 0.6) is 0 Å². The van der Waals surface area contributed by atoms with Crippen LogP contribution in [0.15, 0.2) is 36.4 Å². The summed E-state index contributed by atoms with van der Waals surface area (Å²) in [5, 5.41) is 0. The van der Waals surface area contributed by atoms with Gasteiger partial charge >= 0.3 is 0 Å². The summed E-state index contributed by atoms with van der Waals surface area (Å²) < 4.78 is 0.786. The van der Waals surface area contributed by atoms with Crippen molar-refractivity contribution in [2.24, 2.45) is 5.73 Å². The highest BCUT2D eigenvalue weighted by Gasteiger charge is 2.22. The molecule has 1 unspecified atom stereocenters. The second-order valence-corrected chi connectivity index (χ2v) is 7.20. The number of hydrogen-bond donors (Lipinski definition) is 1. The number of hydrogen-bond acceptors (Lipinski definition) is 2. The molecule has 2 N–H and O–H groups in total. The highest BCUT2D eigenvalue weighted by molar-refractivity contribution is 7.16. The van der Waals surface area contributed by atoms with Crippen molar-refractivity contribution in [2.45, 2.75) is 32.2 Å². The minimum atomic E-state index is -0.0991. The van der Waals surface area contributed by atoms with E-state index in [2.05, 4.69) is 39.0 Å². The van der Waals surface area contributed by atoms with E-state index in [0.29, 0.717) is 0 Å². The molecular formula is C15H18ClNS. The van der Waals surface area contributed by atoms with E-state index in [1.165, 1.54) is 11.1 Å². The van der Waals surface area contributed by atoms with Gasteiger partial charge in [-0.05, 0) is 28.7 Å². The van der Waals surface area contributed by atoms with Crippen LogP contribution in [0.1, 0.15) is 42.8 Å². The van der Waals surface area contributed by atoms with Crippen LogP contribution in [0.3, 0.4) is 0 Å².